The first-order valence-electron chi connectivity index (χ1n) is 5.96. The van der Waals surface area contributed by atoms with Crippen molar-refractivity contribution < 1.29 is 4.74 Å². The summed E-state index contributed by atoms with van der Waals surface area (Å²) in [5, 5.41) is 0. The minimum Gasteiger partial charge on any atom is -0.383 e. The third-order valence-corrected chi connectivity index (χ3v) is 4.05. The van der Waals surface area contributed by atoms with Crippen LogP contribution in [0.2, 0.25) is 0 Å². The minimum absolute atomic E-state index is 0.257. The molecule has 0 aromatic carbocycles. The van der Waals surface area contributed by atoms with E-state index in [9.17, 15) is 0 Å². The fraction of sp³-hybridized carbons (Fsp3) is 1.00. The van der Waals surface area contributed by atoms with E-state index in [0.29, 0.717) is 0 Å². The maximum atomic E-state index is 5.92. The summed E-state index contributed by atoms with van der Waals surface area (Å²) < 4.78 is 5.11. The van der Waals surface area contributed by atoms with Crippen molar-refractivity contribution >= 4 is 0 Å². The molecule has 0 heterocycles. The Bertz CT molecular complexity index is 188. The summed E-state index contributed by atoms with van der Waals surface area (Å²) in [5.41, 5.74) is 6.18. The van der Waals surface area contributed by atoms with Gasteiger partial charge in [-0.1, -0.05) is 13.8 Å². The molecule has 0 bridgehead atoms. The van der Waals surface area contributed by atoms with Gasteiger partial charge in [0.2, 0.25) is 0 Å². The fourth-order valence-corrected chi connectivity index (χ4v) is 2.49. The van der Waals surface area contributed by atoms with E-state index in [1.54, 1.807) is 7.11 Å². The molecule has 0 saturated heterocycles. The first kappa shape index (κ1) is 12.9. The number of likely N-dealkylation sites (N-methyl/N-ethyl adjacent to an activating group) is 1. The highest BCUT2D eigenvalue weighted by atomic mass is 16.5. The molecule has 90 valence electrons. The summed E-state index contributed by atoms with van der Waals surface area (Å²) in [6.45, 7) is 7.17. The lowest BCUT2D eigenvalue weighted by Crippen LogP contribution is -2.61. The molecule has 1 aliphatic carbocycles. The molecule has 0 spiro atoms. The van der Waals surface area contributed by atoms with Gasteiger partial charge in [-0.05, 0) is 31.7 Å². The van der Waals surface area contributed by atoms with Crippen molar-refractivity contribution in [2.45, 2.75) is 32.2 Å². The molecule has 0 aromatic rings. The predicted molar refractivity (Wildman–Crippen MR) is 63.9 cm³/mol. The smallest absolute Gasteiger partial charge is 0.0589 e. The van der Waals surface area contributed by atoms with Crippen LogP contribution in [0.25, 0.3) is 0 Å². The number of rotatable bonds is 6. The van der Waals surface area contributed by atoms with Crippen LogP contribution in [-0.4, -0.2) is 44.3 Å². The van der Waals surface area contributed by atoms with Gasteiger partial charge in [-0.25, -0.2) is 0 Å². The Morgan fingerprint density at radius 2 is 2.07 bits per heavy atom. The van der Waals surface area contributed by atoms with Crippen LogP contribution in [0.5, 0.6) is 0 Å². The standard InChI is InChI=1S/C12H26N2O/c1-10(2)11-7-12(8-11,9-13)14(3)5-6-15-4/h10-11H,5-9,13H2,1-4H3. The van der Waals surface area contributed by atoms with Gasteiger partial charge in [-0.2, -0.15) is 0 Å². The average molecular weight is 214 g/mol. The van der Waals surface area contributed by atoms with Crippen molar-refractivity contribution in [2.24, 2.45) is 17.6 Å². The zero-order chi connectivity index (χ0) is 11.5. The molecule has 2 N–H and O–H groups in total. The van der Waals surface area contributed by atoms with Crippen molar-refractivity contribution in [3.63, 3.8) is 0 Å². The van der Waals surface area contributed by atoms with E-state index in [4.69, 9.17) is 10.5 Å². The summed E-state index contributed by atoms with van der Waals surface area (Å²) in [6.07, 6.45) is 2.50. The highest BCUT2D eigenvalue weighted by Crippen LogP contribution is 2.44. The SMILES string of the molecule is COCCN(C)C1(CN)CC(C(C)C)C1. The summed E-state index contributed by atoms with van der Waals surface area (Å²) >= 11 is 0. The van der Waals surface area contributed by atoms with Crippen LogP contribution >= 0.6 is 0 Å². The van der Waals surface area contributed by atoms with Crippen molar-refractivity contribution in [1.82, 2.24) is 4.90 Å². The Balaban J connectivity index is 2.43. The van der Waals surface area contributed by atoms with Crippen LogP contribution in [-0.2, 0) is 4.74 Å². The topological polar surface area (TPSA) is 38.5 Å². The van der Waals surface area contributed by atoms with Crippen LogP contribution in [0.1, 0.15) is 26.7 Å². The number of ether oxygens (including phenoxy) is 1. The first-order valence-corrected chi connectivity index (χ1v) is 5.96. The third kappa shape index (κ3) is 2.71. The Hall–Kier alpha value is -0.120. The Kier molecular flexibility index (Phi) is 4.56. The molecule has 15 heavy (non-hydrogen) atoms. The quantitative estimate of drug-likeness (QED) is 0.725. The second-order valence-electron chi connectivity index (χ2n) is 5.26. The number of nitrogens with zero attached hydrogens (tertiary/aromatic N) is 1. The zero-order valence-electron chi connectivity index (χ0n) is 10.6. The predicted octanol–water partition coefficient (Wildman–Crippen LogP) is 1.33. The second-order valence-corrected chi connectivity index (χ2v) is 5.26. The maximum absolute atomic E-state index is 5.92. The second kappa shape index (κ2) is 5.28. The molecule has 0 radical (unpaired) electrons. The van der Waals surface area contributed by atoms with Crippen molar-refractivity contribution in [3.05, 3.63) is 0 Å². The third-order valence-electron chi connectivity index (χ3n) is 4.05. The summed E-state index contributed by atoms with van der Waals surface area (Å²) in [4.78, 5) is 2.38. The molecule has 0 aromatic heterocycles. The molecular formula is C12H26N2O. The Morgan fingerprint density at radius 3 is 2.47 bits per heavy atom. The van der Waals surface area contributed by atoms with Gasteiger partial charge in [-0.3, -0.25) is 4.90 Å². The monoisotopic (exact) mass is 214 g/mol. The molecule has 1 saturated carbocycles. The number of hydrogen-bond donors (Lipinski definition) is 1. The highest BCUT2D eigenvalue weighted by molar-refractivity contribution is 5.03. The molecule has 3 nitrogen and oxygen atoms in total. The van der Waals surface area contributed by atoms with E-state index >= 15 is 0 Å². The van der Waals surface area contributed by atoms with Crippen molar-refractivity contribution in [3.8, 4) is 0 Å². The van der Waals surface area contributed by atoms with Gasteiger partial charge in [0.15, 0.2) is 0 Å². The summed E-state index contributed by atoms with van der Waals surface area (Å²) in [5.74, 6) is 1.65. The van der Waals surface area contributed by atoms with Gasteiger partial charge < -0.3 is 10.5 Å². The van der Waals surface area contributed by atoms with Gasteiger partial charge in [0.05, 0.1) is 6.61 Å². The van der Waals surface area contributed by atoms with E-state index in [0.717, 1.165) is 31.5 Å². The molecule has 0 aliphatic heterocycles. The van der Waals surface area contributed by atoms with Gasteiger partial charge in [0, 0.05) is 25.7 Å². The van der Waals surface area contributed by atoms with Gasteiger partial charge >= 0.3 is 0 Å². The Morgan fingerprint density at radius 1 is 1.47 bits per heavy atom. The van der Waals surface area contributed by atoms with Crippen molar-refractivity contribution in [1.29, 1.82) is 0 Å². The largest absolute Gasteiger partial charge is 0.383 e. The van der Waals surface area contributed by atoms with Gasteiger partial charge in [0.1, 0.15) is 0 Å². The van der Waals surface area contributed by atoms with E-state index in [2.05, 4.69) is 25.8 Å². The fourth-order valence-electron chi connectivity index (χ4n) is 2.49. The first-order chi connectivity index (χ1) is 7.05. The summed E-state index contributed by atoms with van der Waals surface area (Å²) in [6, 6.07) is 0. The van der Waals surface area contributed by atoms with Gasteiger partial charge in [0.25, 0.3) is 0 Å². The van der Waals surface area contributed by atoms with Crippen LogP contribution in [0.15, 0.2) is 0 Å². The molecule has 0 amide bonds. The molecule has 0 unspecified atom stereocenters. The van der Waals surface area contributed by atoms with E-state index in [1.165, 1.54) is 12.8 Å². The normalized spacial score (nSPS) is 31.0. The van der Waals surface area contributed by atoms with Crippen molar-refractivity contribution in [2.75, 3.05) is 33.9 Å². The molecule has 1 aliphatic rings. The molecule has 3 heteroatoms. The average Bonchev–Trinajstić information content (AvgIpc) is 2.13. The number of nitrogens with two attached hydrogens (primary N) is 1. The van der Waals surface area contributed by atoms with Crippen LogP contribution in [0.4, 0.5) is 0 Å². The van der Waals surface area contributed by atoms with Crippen LogP contribution in [0.3, 0.4) is 0 Å². The lowest BCUT2D eigenvalue weighted by Gasteiger charge is -2.54. The minimum atomic E-state index is 0.257. The van der Waals surface area contributed by atoms with Gasteiger partial charge in [-0.15, -0.1) is 0 Å². The van der Waals surface area contributed by atoms with E-state index in [-0.39, 0.29) is 5.54 Å². The molecular weight excluding hydrogens is 188 g/mol. The maximum Gasteiger partial charge on any atom is 0.0589 e. The van der Waals surface area contributed by atoms with E-state index < -0.39 is 0 Å². The highest BCUT2D eigenvalue weighted by Gasteiger charge is 2.46. The molecule has 0 atom stereocenters. The molecule has 1 rings (SSSR count). The summed E-state index contributed by atoms with van der Waals surface area (Å²) in [7, 11) is 3.92. The Labute approximate surface area is 94.0 Å². The van der Waals surface area contributed by atoms with E-state index in [1.807, 2.05) is 0 Å². The number of hydrogen-bond acceptors (Lipinski definition) is 3. The van der Waals surface area contributed by atoms with Crippen LogP contribution < -0.4 is 5.73 Å². The lowest BCUT2D eigenvalue weighted by molar-refractivity contribution is -0.0291. The number of methoxy groups -OCH3 is 1. The van der Waals surface area contributed by atoms with Crippen LogP contribution in [0, 0.1) is 11.8 Å². The molecule has 1 fully saturated rings. The zero-order valence-corrected chi connectivity index (χ0v) is 10.6. The lowest BCUT2D eigenvalue weighted by atomic mass is 9.63.